The van der Waals surface area contributed by atoms with Gasteiger partial charge in [0.15, 0.2) is 0 Å². The van der Waals surface area contributed by atoms with Crippen molar-refractivity contribution in [3.05, 3.63) is 47.5 Å². The summed E-state index contributed by atoms with van der Waals surface area (Å²) in [6.07, 6.45) is 1.03. The van der Waals surface area contributed by atoms with E-state index < -0.39 is 10.0 Å². The Hall–Kier alpha value is -2.49. The maximum Gasteiger partial charge on any atom is 0.243 e. The van der Waals surface area contributed by atoms with Gasteiger partial charge in [0.25, 0.3) is 0 Å². The Morgan fingerprint density at radius 2 is 1.56 bits per heavy atom. The molecule has 0 atom stereocenters. The second kappa shape index (κ2) is 10.4. The van der Waals surface area contributed by atoms with E-state index in [1.165, 1.54) is 23.5 Å². The van der Waals surface area contributed by atoms with E-state index in [9.17, 15) is 13.2 Å². The van der Waals surface area contributed by atoms with Crippen LogP contribution in [0.15, 0.2) is 47.4 Å². The molecule has 2 fully saturated rings. The summed E-state index contributed by atoms with van der Waals surface area (Å²) >= 11 is 6.12. The van der Waals surface area contributed by atoms with Crippen LogP contribution in [0.4, 0.5) is 5.69 Å². The van der Waals surface area contributed by atoms with Gasteiger partial charge in [-0.1, -0.05) is 11.6 Å². The molecule has 8 nitrogen and oxygen atoms in total. The SMILES string of the molecule is COc1ccc(N2CCN(C(=O)C3CCN(S(=O)(=O)c4ccc(OC)c(Cl)c4)CC3)CC2)cc1. The third kappa shape index (κ3) is 5.11. The molecule has 1 amide bonds. The van der Waals surface area contributed by atoms with Crippen molar-refractivity contribution in [3.8, 4) is 11.5 Å². The summed E-state index contributed by atoms with van der Waals surface area (Å²) in [5.74, 6) is 1.22. The number of nitrogens with zero attached hydrogens (tertiary/aromatic N) is 3. The number of hydrogen-bond donors (Lipinski definition) is 0. The van der Waals surface area contributed by atoms with Gasteiger partial charge in [-0.2, -0.15) is 4.31 Å². The van der Waals surface area contributed by atoms with Crippen LogP contribution in [0.1, 0.15) is 12.8 Å². The van der Waals surface area contributed by atoms with Crippen LogP contribution in [0.2, 0.25) is 5.02 Å². The molecule has 2 saturated heterocycles. The lowest BCUT2D eigenvalue weighted by molar-refractivity contribution is -0.137. The Kier molecular flexibility index (Phi) is 7.54. The molecule has 0 radical (unpaired) electrons. The number of piperidine rings is 1. The summed E-state index contributed by atoms with van der Waals surface area (Å²) in [5.41, 5.74) is 1.12. The molecule has 0 unspecified atom stereocenters. The number of carbonyl (C=O) groups is 1. The van der Waals surface area contributed by atoms with Crippen molar-refractivity contribution in [2.24, 2.45) is 5.92 Å². The number of carbonyl (C=O) groups excluding carboxylic acids is 1. The fourth-order valence-electron chi connectivity index (χ4n) is 4.54. The van der Waals surface area contributed by atoms with E-state index >= 15 is 0 Å². The van der Waals surface area contributed by atoms with Gasteiger partial charge < -0.3 is 19.3 Å². The highest BCUT2D eigenvalue weighted by Crippen LogP contribution is 2.31. The molecule has 2 heterocycles. The second-order valence-corrected chi connectivity index (χ2v) is 10.8. The summed E-state index contributed by atoms with van der Waals surface area (Å²) in [6, 6.07) is 12.4. The van der Waals surface area contributed by atoms with Crippen molar-refractivity contribution >= 4 is 33.2 Å². The molecule has 34 heavy (non-hydrogen) atoms. The zero-order chi connectivity index (χ0) is 24.3. The predicted molar refractivity (Wildman–Crippen MR) is 131 cm³/mol. The molecular formula is C24H30ClN3O5S. The van der Waals surface area contributed by atoms with E-state index in [-0.39, 0.29) is 21.7 Å². The largest absolute Gasteiger partial charge is 0.497 e. The molecule has 2 aromatic carbocycles. The number of ether oxygens (including phenoxy) is 2. The number of methoxy groups -OCH3 is 2. The monoisotopic (exact) mass is 507 g/mol. The van der Waals surface area contributed by atoms with Gasteiger partial charge >= 0.3 is 0 Å². The van der Waals surface area contributed by atoms with Gasteiger partial charge in [0, 0.05) is 50.9 Å². The molecule has 0 aliphatic carbocycles. The number of halogens is 1. The van der Waals surface area contributed by atoms with Crippen LogP contribution in [0.5, 0.6) is 11.5 Å². The first-order valence-corrected chi connectivity index (χ1v) is 13.2. The molecule has 0 aromatic heterocycles. The normalized spacial score (nSPS) is 18.1. The smallest absolute Gasteiger partial charge is 0.243 e. The van der Waals surface area contributed by atoms with E-state index in [4.69, 9.17) is 21.1 Å². The van der Waals surface area contributed by atoms with Gasteiger partial charge in [0.05, 0.1) is 24.1 Å². The van der Waals surface area contributed by atoms with Crippen molar-refractivity contribution in [1.29, 1.82) is 0 Å². The van der Waals surface area contributed by atoms with Crippen LogP contribution in [-0.2, 0) is 14.8 Å². The van der Waals surface area contributed by atoms with Gasteiger partial charge in [0.2, 0.25) is 15.9 Å². The van der Waals surface area contributed by atoms with Crippen LogP contribution >= 0.6 is 11.6 Å². The minimum Gasteiger partial charge on any atom is -0.497 e. The lowest BCUT2D eigenvalue weighted by Crippen LogP contribution is -2.52. The predicted octanol–water partition coefficient (Wildman–Crippen LogP) is 3.11. The van der Waals surface area contributed by atoms with Crippen LogP contribution in [0, 0.1) is 5.92 Å². The zero-order valence-corrected chi connectivity index (χ0v) is 21.0. The molecule has 0 N–H and O–H groups in total. The topological polar surface area (TPSA) is 79.4 Å². The van der Waals surface area contributed by atoms with Crippen LogP contribution in [-0.4, -0.2) is 77.0 Å². The van der Waals surface area contributed by atoms with Crippen molar-refractivity contribution in [1.82, 2.24) is 9.21 Å². The van der Waals surface area contributed by atoms with Gasteiger partial charge in [0.1, 0.15) is 11.5 Å². The molecule has 0 bridgehead atoms. The Labute approximate surface area is 206 Å². The highest BCUT2D eigenvalue weighted by molar-refractivity contribution is 7.89. The maximum absolute atomic E-state index is 13.1. The Bertz CT molecular complexity index is 1110. The number of rotatable bonds is 6. The van der Waals surface area contributed by atoms with Crippen molar-refractivity contribution < 1.29 is 22.7 Å². The summed E-state index contributed by atoms with van der Waals surface area (Å²) in [7, 11) is -0.545. The number of sulfonamides is 1. The van der Waals surface area contributed by atoms with E-state index in [1.54, 1.807) is 13.2 Å². The van der Waals surface area contributed by atoms with Crippen LogP contribution in [0.25, 0.3) is 0 Å². The molecular weight excluding hydrogens is 478 g/mol. The van der Waals surface area contributed by atoms with E-state index in [0.29, 0.717) is 44.8 Å². The van der Waals surface area contributed by atoms with Gasteiger partial charge in [-0.05, 0) is 55.3 Å². The molecule has 184 valence electrons. The van der Waals surface area contributed by atoms with Crippen LogP contribution < -0.4 is 14.4 Å². The highest BCUT2D eigenvalue weighted by atomic mass is 35.5. The summed E-state index contributed by atoms with van der Waals surface area (Å²) < 4.78 is 37.9. The first-order valence-electron chi connectivity index (χ1n) is 11.3. The summed E-state index contributed by atoms with van der Waals surface area (Å²) in [5, 5.41) is 0.252. The molecule has 2 aromatic rings. The van der Waals surface area contributed by atoms with Gasteiger partial charge in [-0.3, -0.25) is 4.79 Å². The first-order chi connectivity index (χ1) is 16.3. The molecule has 10 heteroatoms. The number of benzene rings is 2. The third-order valence-electron chi connectivity index (χ3n) is 6.59. The summed E-state index contributed by atoms with van der Waals surface area (Å²) in [6.45, 7) is 3.48. The molecule has 0 spiro atoms. The molecule has 4 rings (SSSR count). The molecule has 0 saturated carbocycles. The quantitative estimate of drug-likeness (QED) is 0.598. The lowest BCUT2D eigenvalue weighted by Gasteiger charge is -2.39. The lowest BCUT2D eigenvalue weighted by atomic mass is 9.96. The van der Waals surface area contributed by atoms with Crippen molar-refractivity contribution in [2.45, 2.75) is 17.7 Å². The fourth-order valence-corrected chi connectivity index (χ4v) is 6.35. The second-order valence-electron chi connectivity index (χ2n) is 8.49. The van der Waals surface area contributed by atoms with Crippen LogP contribution in [0.3, 0.4) is 0 Å². The minimum absolute atomic E-state index is 0.124. The molecule has 2 aliphatic heterocycles. The highest BCUT2D eigenvalue weighted by Gasteiger charge is 2.35. The van der Waals surface area contributed by atoms with E-state index in [2.05, 4.69) is 4.90 Å². The summed E-state index contributed by atoms with van der Waals surface area (Å²) in [4.78, 5) is 17.4. The minimum atomic E-state index is -3.67. The Balaban J connectivity index is 1.31. The van der Waals surface area contributed by atoms with E-state index in [0.717, 1.165) is 24.5 Å². The fraction of sp³-hybridized carbons (Fsp3) is 0.458. The average Bonchev–Trinajstić information content (AvgIpc) is 2.88. The average molecular weight is 508 g/mol. The number of amides is 1. The van der Waals surface area contributed by atoms with Gasteiger partial charge in [-0.25, -0.2) is 8.42 Å². The number of hydrogen-bond acceptors (Lipinski definition) is 6. The maximum atomic E-state index is 13.1. The Morgan fingerprint density at radius 3 is 2.12 bits per heavy atom. The van der Waals surface area contributed by atoms with Gasteiger partial charge in [-0.15, -0.1) is 0 Å². The standard InChI is InChI=1S/C24H30ClN3O5S/c1-32-20-5-3-19(4-6-20)26-13-15-27(16-14-26)24(29)18-9-11-28(12-10-18)34(30,31)21-7-8-23(33-2)22(25)17-21/h3-8,17-18H,9-16H2,1-2H3. The number of anilines is 1. The first kappa shape index (κ1) is 24.6. The van der Waals surface area contributed by atoms with E-state index in [1.807, 2.05) is 29.2 Å². The zero-order valence-electron chi connectivity index (χ0n) is 19.4. The van der Waals surface area contributed by atoms with Crippen molar-refractivity contribution in [3.63, 3.8) is 0 Å². The Morgan fingerprint density at radius 1 is 0.912 bits per heavy atom. The number of piperazine rings is 1. The molecule has 2 aliphatic rings. The third-order valence-corrected chi connectivity index (χ3v) is 8.78. The van der Waals surface area contributed by atoms with Crippen molar-refractivity contribution in [2.75, 3.05) is 58.4 Å².